The summed E-state index contributed by atoms with van der Waals surface area (Å²) in [5.41, 5.74) is 0. The molecule has 0 N–H and O–H groups in total. The van der Waals surface area contributed by atoms with Crippen molar-refractivity contribution in [2.45, 2.75) is 52.4 Å². The van der Waals surface area contributed by atoms with Crippen LogP contribution in [0.3, 0.4) is 0 Å². The molecular formula is C10H20O2. The molecule has 2 unspecified atom stereocenters. The molecule has 2 fully saturated rings. The quantitative estimate of drug-likeness (QED) is 0.559. The predicted octanol–water partition coefficient (Wildman–Crippen LogP) is 2.57. The maximum absolute atomic E-state index is 5.38. The van der Waals surface area contributed by atoms with Gasteiger partial charge in [-0.2, -0.15) is 0 Å². The first-order valence-corrected chi connectivity index (χ1v) is 4.95. The summed E-state index contributed by atoms with van der Waals surface area (Å²) < 4.78 is 10.6. The van der Waals surface area contributed by atoms with E-state index >= 15 is 0 Å². The molecule has 0 amide bonds. The van der Waals surface area contributed by atoms with Crippen molar-refractivity contribution in [2.75, 3.05) is 6.61 Å². The van der Waals surface area contributed by atoms with E-state index in [0.717, 1.165) is 18.9 Å². The van der Waals surface area contributed by atoms with Crippen LogP contribution in [0.15, 0.2) is 0 Å². The molecule has 2 aliphatic heterocycles. The molecule has 2 atom stereocenters. The molecule has 0 saturated carbocycles. The average Bonchev–Trinajstić information content (AvgIpc) is 2.30. The Balaban J connectivity index is 0.000000157. The minimum atomic E-state index is 0.161. The van der Waals surface area contributed by atoms with Crippen molar-refractivity contribution in [1.29, 1.82) is 0 Å². The first kappa shape index (κ1) is 10.0. The molecule has 0 aromatic heterocycles. The zero-order valence-electron chi connectivity index (χ0n) is 8.38. The summed E-state index contributed by atoms with van der Waals surface area (Å²) >= 11 is 0. The van der Waals surface area contributed by atoms with Gasteiger partial charge in [-0.05, 0) is 25.2 Å². The third-order valence-corrected chi connectivity index (χ3v) is 1.78. The summed E-state index contributed by atoms with van der Waals surface area (Å²) in [5.74, 6) is 0.833. The van der Waals surface area contributed by atoms with E-state index in [4.69, 9.17) is 9.47 Å². The van der Waals surface area contributed by atoms with E-state index in [-0.39, 0.29) is 6.29 Å². The summed E-state index contributed by atoms with van der Waals surface area (Å²) in [7, 11) is 0. The lowest BCUT2D eigenvalue weighted by Crippen LogP contribution is -2.17. The normalized spacial score (nSPS) is 33.0. The third-order valence-electron chi connectivity index (χ3n) is 1.78. The van der Waals surface area contributed by atoms with E-state index in [9.17, 15) is 0 Å². The van der Waals surface area contributed by atoms with Crippen LogP contribution in [0.5, 0.6) is 0 Å². The first-order chi connectivity index (χ1) is 5.68. The van der Waals surface area contributed by atoms with Gasteiger partial charge in [0.05, 0.1) is 12.7 Å². The van der Waals surface area contributed by atoms with Crippen LogP contribution in [0.1, 0.15) is 40.0 Å². The molecule has 2 heterocycles. The molecule has 2 saturated heterocycles. The summed E-state index contributed by atoms with van der Waals surface area (Å²) in [6.07, 6.45) is 4.20. The molecule has 72 valence electrons. The van der Waals surface area contributed by atoms with Crippen LogP contribution >= 0.6 is 0 Å². The van der Waals surface area contributed by atoms with Gasteiger partial charge in [-0.25, -0.2) is 0 Å². The lowest BCUT2D eigenvalue weighted by atomic mass is 10.1. The van der Waals surface area contributed by atoms with E-state index in [1.165, 1.54) is 12.8 Å². The zero-order valence-corrected chi connectivity index (χ0v) is 8.38. The highest BCUT2D eigenvalue weighted by molar-refractivity contribution is 4.71. The van der Waals surface area contributed by atoms with Crippen molar-refractivity contribution >= 4 is 0 Å². The lowest BCUT2D eigenvalue weighted by Gasteiger charge is -2.16. The summed E-state index contributed by atoms with van der Waals surface area (Å²) in [6, 6.07) is 0. The standard InChI is InChI=1S/C6H10O2.C4H10/c1-2-5-4-7-6(3-1)8-5;1-4(2)3/h5-6H,1-4H2;4H,1-3H3. The molecule has 0 aliphatic carbocycles. The van der Waals surface area contributed by atoms with Crippen LogP contribution in [0.25, 0.3) is 0 Å². The monoisotopic (exact) mass is 172 g/mol. The Morgan fingerprint density at radius 1 is 1.17 bits per heavy atom. The molecule has 0 aromatic rings. The van der Waals surface area contributed by atoms with Crippen molar-refractivity contribution in [3.8, 4) is 0 Å². The van der Waals surface area contributed by atoms with Crippen LogP contribution in [0.2, 0.25) is 0 Å². The fourth-order valence-electron chi connectivity index (χ4n) is 1.32. The first-order valence-electron chi connectivity index (χ1n) is 4.95. The maximum atomic E-state index is 5.38. The van der Waals surface area contributed by atoms with Crippen LogP contribution in [0, 0.1) is 5.92 Å². The average molecular weight is 172 g/mol. The van der Waals surface area contributed by atoms with Crippen molar-refractivity contribution in [2.24, 2.45) is 5.92 Å². The highest BCUT2D eigenvalue weighted by Gasteiger charge is 2.29. The Labute approximate surface area is 75.2 Å². The van der Waals surface area contributed by atoms with Crippen molar-refractivity contribution < 1.29 is 9.47 Å². The second-order valence-corrected chi connectivity index (χ2v) is 4.18. The Morgan fingerprint density at radius 2 is 1.83 bits per heavy atom. The highest BCUT2D eigenvalue weighted by atomic mass is 16.7. The van der Waals surface area contributed by atoms with Crippen LogP contribution < -0.4 is 0 Å². The molecule has 0 radical (unpaired) electrons. The van der Waals surface area contributed by atoms with Crippen LogP contribution in [-0.2, 0) is 9.47 Å². The largest absolute Gasteiger partial charge is 0.350 e. The Bertz CT molecular complexity index is 106. The minimum Gasteiger partial charge on any atom is -0.350 e. The van der Waals surface area contributed by atoms with E-state index < -0.39 is 0 Å². The third kappa shape index (κ3) is 3.55. The Morgan fingerprint density at radius 3 is 2.33 bits per heavy atom. The van der Waals surface area contributed by atoms with Crippen molar-refractivity contribution in [3.05, 3.63) is 0 Å². The van der Waals surface area contributed by atoms with E-state index in [1.54, 1.807) is 0 Å². The van der Waals surface area contributed by atoms with Gasteiger partial charge < -0.3 is 9.47 Å². The topological polar surface area (TPSA) is 18.5 Å². The van der Waals surface area contributed by atoms with Gasteiger partial charge in [-0.15, -0.1) is 0 Å². The number of rotatable bonds is 0. The summed E-state index contributed by atoms with van der Waals surface area (Å²) in [5, 5.41) is 0. The van der Waals surface area contributed by atoms with Crippen molar-refractivity contribution in [3.63, 3.8) is 0 Å². The van der Waals surface area contributed by atoms with Gasteiger partial charge in [0.15, 0.2) is 6.29 Å². The molecule has 0 aromatic carbocycles. The minimum absolute atomic E-state index is 0.161. The number of fused-ring (bicyclic) bond motifs is 2. The maximum Gasteiger partial charge on any atom is 0.158 e. The van der Waals surface area contributed by atoms with Gasteiger partial charge in [-0.1, -0.05) is 20.8 Å². The van der Waals surface area contributed by atoms with Crippen LogP contribution in [-0.4, -0.2) is 19.0 Å². The van der Waals surface area contributed by atoms with Crippen LogP contribution in [0.4, 0.5) is 0 Å². The summed E-state index contributed by atoms with van der Waals surface area (Å²) in [6.45, 7) is 7.34. The molecule has 12 heavy (non-hydrogen) atoms. The molecule has 2 heteroatoms. The second-order valence-electron chi connectivity index (χ2n) is 4.18. The fraction of sp³-hybridized carbons (Fsp3) is 1.00. The van der Waals surface area contributed by atoms with Crippen molar-refractivity contribution in [1.82, 2.24) is 0 Å². The SMILES string of the molecule is C1CC2COC(C1)O2.CC(C)C. The predicted molar refractivity (Wildman–Crippen MR) is 49.0 cm³/mol. The molecule has 2 aliphatic rings. The lowest BCUT2D eigenvalue weighted by molar-refractivity contribution is -0.0815. The summed E-state index contributed by atoms with van der Waals surface area (Å²) in [4.78, 5) is 0. The Hall–Kier alpha value is -0.0800. The van der Waals surface area contributed by atoms with Gasteiger partial charge in [0.1, 0.15) is 0 Å². The number of hydrogen-bond acceptors (Lipinski definition) is 2. The van der Waals surface area contributed by atoms with Gasteiger partial charge in [-0.3, -0.25) is 0 Å². The smallest absolute Gasteiger partial charge is 0.158 e. The highest BCUT2D eigenvalue weighted by Crippen LogP contribution is 2.25. The molecular weight excluding hydrogens is 152 g/mol. The zero-order chi connectivity index (χ0) is 8.97. The fourth-order valence-corrected chi connectivity index (χ4v) is 1.32. The van der Waals surface area contributed by atoms with Gasteiger partial charge in [0.25, 0.3) is 0 Å². The van der Waals surface area contributed by atoms with E-state index in [0.29, 0.717) is 6.10 Å². The van der Waals surface area contributed by atoms with E-state index in [2.05, 4.69) is 20.8 Å². The second kappa shape index (κ2) is 4.83. The number of hydrogen-bond donors (Lipinski definition) is 0. The van der Waals surface area contributed by atoms with E-state index in [1.807, 2.05) is 0 Å². The van der Waals surface area contributed by atoms with Gasteiger partial charge >= 0.3 is 0 Å². The Kier molecular flexibility index (Phi) is 4.02. The molecule has 0 spiro atoms. The van der Waals surface area contributed by atoms with Gasteiger partial charge in [0, 0.05) is 0 Å². The number of ether oxygens (including phenoxy) is 2. The molecule has 2 rings (SSSR count). The molecule has 2 bridgehead atoms. The molecule has 2 nitrogen and oxygen atoms in total. The van der Waals surface area contributed by atoms with Gasteiger partial charge in [0.2, 0.25) is 0 Å².